The molecule has 0 aromatic carbocycles. The molecule has 26 heavy (non-hydrogen) atoms. The fourth-order valence-electron chi connectivity index (χ4n) is 3.51. The molecule has 0 radical (unpaired) electrons. The molecule has 5 nitrogen and oxygen atoms in total. The maximum Gasteiger partial charge on any atom is 0.180 e. The number of thiophene rings is 2. The maximum absolute atomic E-state index is 4.68. The molecular weight excluding hydrogens is 362 g/mol. The number of hydrogen-bond donors (Lipinski definition) is 0. The maximum atomic E-state index is 4.68. The first-order valence-corrected chi connectivity index (χ1v) is 10.6. The molecule has 0 spiro atoms. The summed E-state index contributed by atoms with van der Waals surface area (Å²) in [5, 5.41) is 8.65. The van der Waals surface area contributed by atoms with Crippen LogP contribution >= 0.6 is 22.7 Å². The van der Waals surface area contributed by atoms with Crippen LogP contribution < -0.4 is 4.90 Å². The van der Waals surface area contributed by atoms with Gasteiger partial charge in [-0.05, 0) is 33.8 Å². The van der Waals surface area contributed by atoms with E-state index in [2.05, 4.69) is 57.8 Å². The van der Waals surface area contributed by atoms with Gasteiger partial charge in [-0.2, -0.15) is 22.7 Å². The van der Waals surface area contributed by atoms with E-state index in [4.69, 9.17) is 0 Å². The van der Waals surface area contributed by atoms with Gasteiger partial charge in [-0.3, -0.25) is 9.30 Å². The van der Waals surface area contributed by atoms with E-state index in [-0.39, 0.29) is 0 Å². The third kappa shape index (κ3) is 2.92. The summed E-state index contributed by atoms with van der Waals surface area (Å²) in [6, 6.07) is 4.35. The molecule has 0 atom stereocenters. The zero-order valence-electron chi connectivity index (χ0n) is 14.3. The molecule has 0 aliphatic carbocycles. The summed E-state index contributed by atoms with van der Waals surface area (Å²) in [6.07, 6.45) is 5.85. The van der Waals surface area contributed by atoms with Gasteiger partial charge >= 0.3 is 0 Å². The van der Waals surface area contributed by atoms with Gasteiger partial charge in [0.05, 0.1) is 11.9 Å². The Balaban J connectivity index is 1.37. The van der Waals surface area contributed by atoms with Crippen LogP contribution in [0.25, 0.3) is 16.9 Å². The predicted molar refractivity (Wildman–Crippen MR) is 108 cm³/mol. The van der Waals surface area contributed by atoms with Crippen molar-refractivity contribution in [2.45, 2.75) is 6.54 Å². The Morgan fingerprint density at radius 1 is 0.962 bits per heavy atom. The van der Waals surface area contributed by atoms with E-state index >= 15 is 0 Å². The van der Waals surface area contributed by atoms with Crippen LogP contribution in [-0.4, -0.2) is 45.4 Å². The molecule has 0 amide bonds. The van der Waals surface area contributed by atoms with Gasteiger partial charge in [0, 0.05) is 56.1 Å². The van der Waals surface area contributed by atoms with Crippen molar-refractivity contribution in [2.75, 3.05) is 31.1 Å². The summed E-state index contributed by atoms with van der Waals surface area (Å²) >= 11 is 3.48. The van der Waals surface area contributed by atoms with Crippen molar-refractivity contribution in [2.24, 2.45) is 0 Å². The fourth-order valence-corrected chi connectivity index (χ4v) is 4.82. The van der Waals surface area contributed by atoms with Crippen LogP contribution in [0.1, 0.15) is 5.56 Å². The lowest BCUT2D eigenvalue weighted by Gasteiger charge is -2.35. The molecular formula is C19H19N5S2. The van der Waals surface area contributed by atoms with Crippen molar-refractivity contribution in [3.63, 3.8) is 0 Å². The van der Waals surface area contributed by atoms with Gasteiger partial charge in [0.1, 0.15) is 0 Å². The second-order valence-corrected chi connectivity index (χ2v) is 8.05. The molecule has 0 bridgehead atoms. The number of hydrogen-bond acceptors (Lipinski definition) is 6. The molecule has 1 saturated heterocycles. The van der Waals surface area contributed by atoms with Gasteiger partial charge < -0.3 is 4.90 Å². The predicted octanol–water partition coefficient (Wildman–Crippen LogP) is 3.84. The molecule has 1 fully saturated rings. The SMILES string of the molecule is c1cn2c(-c3ccsc3)cnc2c(N2CCN(Cc3ccsc3)CC2)n1. The van der Waals surface area contributed by atoms with Crippen LogP contribution in [0.5, 0.6) is 0 Å². The van der Waals surface area contributed by atoms with E-state index < -0.39 is 0 Å². The van der Waals surface area contributed by atoms with E-state index in [1.54, 1.807) is 22.7 Å². The molecule has 4 aromatic heterocycles. The number of piperazine rings is 1. The van der Waals surface area contributed by atoms with Crippen LogP contribution in [0.4, 0.5) is 5.82 Å². The molecule has 4 aromatic rings. The first kappa shape index (κ1) is 16.0. The van der Waals surface area contributed by atoms with E-state index in [1.165, 1.54) is 11.1 Å². The van der Waals surface area contributed by atoms with Crippen molar-refractivity contribution in [1.82, 2.24) is 19.3 Å². The van der Waals surface area contributed by atoms with Crippen molar-refractivity contribution >= 4 is 34.1 Å². The van der Waals surface area contributed by atoms with Gasteiger partial charge in [0.25, 0.3) is 0 Å². The molecule has 132 valence electrons. The van der Waals surface area contributed by atoms with Gasteiger partial charge in [0.15, 0.2) is 11.5 Å². The lowest BCUT2D eigenvalue weighted by molar-refractivity contribution is 0.249. The Labute approximate surface area is 160 Å². The van der Waals surface area contributed by atoms with Crippen molar-refractivity contribution in [3.05, 3.63) is 57.8 Å². The average molecular weight is 382 g/mol. The fraction of sp³-hybridized carbons (Fsp3) is 0.263. The normalized spacial score (nSPS) is 15.8. The molecule has 5 rings (SSSR count). The zero-order valence-corrected chi connectivity index (χ0v) is 15.9. The lowest BCUT2D eigenvalue weighted by atomic mass is 10.2. The van der Waals surface area contributed by atoms with Gasteiger partial charge in [-0.25, -0.2) is 9.97 Å². The second kappa shape index (κ2) is 6.83. The van der Waals surface area contributed by atoms with E-state index in [0.717, 1.165) is 49.9 Å². The van der Waals surface area contributed by atoms with Crippen LogP contribution in [0.3, 0.4) is 0 Å². The topological polar surface area (TPSA) is 36.7 Å². The zero-order chi connectivity index (χ0) is 17.3. The smallest absolute Gasteiger partial charge is 0.180 e. The molecule has 0 N–H and O–H groups in total. The largest absolute Gasteiger partial charge is 0.351 e. The second-order valence-electron chi connectivity index (χ2n) is 6.49. The summed E-state index contributed by atoms with van der Waals surface area (Å²) in [7, 11) is 0. The van der Waals surface area contributed by atoms with E-state index in [1.807, 2.05) is 18.6 Å². The quantitative estimate of drug-likeness (QED) is 0.538. The third-order valence-electron chi connectivity index (χ3n) is 4.88. The third-order valence-corrected chi connectivity index (χ3v) is 6.30. The van der Waals surface area contributed by atoms with Crippen molar-refractivity contribution < 1.29 is 0 Å². The Morgan fingerprint density at radius 2 is 1.81 bits per heavy atom. The highest BCUT2D eigenvalue weighted by atomic mass is 32.1. The Bertz CT molecular complexity index is 982. The highest BCUT2D eigenvalue weighted by Gasteiger charge is 2.21. The summed E-state index contributed by atoms with van der Waals surface area (Å²) in [5.74, 6) is 0.990. The van der Waals surface area contributed by atoms with E-state index in [0.29, 0.717) is 0 Å². The average Bonchev–Trinajstić information content (AvgIpc) is 3.43. The van der Waals surface area contributed by atoms with Crippen LogP contribution in [-0.2, 0) is 6.54 Å². The van der Waals surface area contributed by atoms with Gasteiger partial charge in [-0.1, -0.05) is 0 Å². The first-order chi connectivity index (χ1) is 12.9. The van der Waals surface area contributed by atoms with Crippen LogP contribution in [0, 0.1) is 0 Å². The molecule has 0 saturated carbocycles. The van der Waals surface area contributed by atoms with Crippen LogP contribution in [0.2, 0.25) is 0 Å². The molecule has 1 aliphatic rings. The first-order valence-electron chi connectivity index (χ1n) is 8.71. The molecule has 1 aliphatic heterocycles. The number of anilines is 1. The molecule has 7 heteroatoms. The summed E-state index contributed by atoms with van der Waals surface area (Å²) in [6.45, 7) is 5.11. The Hall–Kier alpha value is -2.22. The summed E-state index contributed by atoms with van der Waals surface area (Å²) in [5.41, 5.74) is 4.69. The Kier molecular flexibility index (Phi) is 4.20. The van der Waals surface area contributed by atoms with Crippen molar-refractivity contribution in [3.8, 4) is 11.3 Å². The Morgan fingerprint density at radius 3 is 2.58 bits per heavy atom. The molecule has 0 unspecified atom stereocenters. The number of aromatic nitrogens is 3. The van der Waals surface area contributed by atoms with Crippen LogP contribution in [0.15, 0.2) is 52.2 Å². The van der Waals surface area contributed by atoms with E-state index in [9.17, 15) is 0 Å². The monoisotopic (exact) mass is 381 g/mol. The summed E-state index contributed by atoms with van der Waals surface area (Å²) in [4.78, 5) is 14.2. The van der Waals surface area contributed by atoms with Gasteiger partial charge in [-0.15, -0.1) is 0 Å². The van der Waals surface area contributed by atoms with Crippen molar-refractivity contribution in [1.29, 1.82) is 0 Å². The number of nitrogens with zero attached hydrogens (tertiary/aromatic N) is 5. The minimum Gasteiger partial charge on any atom is -0.351 e. The standard InChI is InChI=1S/C19H19N5S2/c1-9-25-13-15(1)12-22-5-7-23(8-6-22)18-19-21-11-17(16-2-10-26-14-16)24(19)4-3-20-18/h1-4,9-11,13-14H,5-8,12H2. The molecule has 5 heterocycles. The van der Waals surface area contributed by atoms with Gasteiger partial charge in [0.2, 0.25) is 0 Å². The number of fused-ring (bicyclic) bond motifs is 1. The lowest BCUT2D eigenvalue weighted by Crippen LogP contribution is -2.46. The summed E-state index contributed by atoms with van der Waals surface area (Å²) < 4.78 is 2.15. The highest BCUT2D eigenvalue weighted by Crippen LogP contribution is 2.27. The highest BCUT2D eigenvalue weighted by molar-refractivity contribution is 7.08. The minimum absolute atomic E-state index is 0.944. The number of rotatable bonds is 4. The minimum atomic E-state index is 0.944. The number of imidazole rings is 1.